The van der Waals surface area contributed by atoms with Crippen molar-refractivity contribution in [3.63, 3.8) is 0 Å². The van der Waals surface area contributed by atoms with E-state index in [0.717, 1.165) is 32.7 Å². The van der Waals surface area contributed by atoms with Gasteiger partial charge in [0.2, 0.25) is 0 Å². The summed E-state index contributed by atoms with van der Waals surface area (Å²) in [6, 6.07) is 18.3. The van der Waals surface area contributed by atoms with E-state index < -0.39 is 8.32 Å². The summed E-state index contributed by atoms with van der Waals surface area (Å²) in [5, 5.41) is 0.214. The highest BCUT2D eigenvalue weighted by Crippen LogP contribution is 2.36. The van der Waals surface area contributed by atoms with E-state index in [4.69, 9.17) is 9.16 Å². The zero-order valence-electron chi connectivity index (χ0n) is 19.4. The first-order valence-corrected chi connectivity index (χ1v) is 13.6. The number of ether oxygens (including phenoxy) is 1. The van der Waals surface area contributed by atoms with Crippen LogP contribution in [0, 0.1) is 0 Å². The molecule has 0 heterocycles. The van der Waals surface area contributed by atoms with E-state index in [1.807, 2.05) is 24.3 Å². The number of nitrogens with zero attached hydrogens (tertiary/aromatic N) is 1. The fourth-order valence-corrected chi connectivity index (χ4v) is 4.01. The van der Waals surface area contributed by atoms with Gasteiger partial charge < -0.3 is 9.16 Å². The van der Waals surface area contributed by atoms with E-state index in [-0.39, 0.29) is 11.0 Å². The smallest absolute Gasteiger partial charge is 0.337 e. The Kier molecular flexibility index (Phi) is 8.83. The van der Waals surface area contributed by atoms with Crippen LogP contribution in [0.5, 0.6) is 0 Å². The molecule has 2 rings (SSSR count). The zero-order chi connectivity index (χ0) is 22.2. The Balaban J connectivity index is 2.02. The van der Waals surface area contributed by atoms with Crippen molar-refractivity contribution in [1.82, 2.24) is 4.90 Å². The molecule has 0 fully saturated rings. The normalized spacial score (nSPS) is 12.2. The Morgan fingerprint density at radius 3 is 2.13 bits per heavy atom. The minimum Gasteiger partial charge on any atom is -0.465 e. The van der Waals surface area contributed by atoms with Crippen LogP contribution in [0.4, 0.5) is 0 Å². The maximum absolute atomic E-state index is 11.7. The first-order chi connectivity index (χ1) is 14.1. The summed E-state index contributed by atoms with van der Waals surface area (Å²) in [4.78, 5) is 14.1. The Morgan fingerprint density at radius 2 is 1.57 bits per heavy atom. The predicted molar refractivity (Wildman–Crippen MR) is 126 cm³/mol. The highest BCUT2D eigenvalue weighted by molar-refractivity contribution is 6.74. The fraction of sp³-hybridized carbons (Fsp3) is 0.480. The lowest BCUT2D eigenvalue weighted by atomic mass is 10.1. The number of rotatable bonds is 10. The van der Waals surface area contributed by atoms with Crippen molar-refractivity contribution in [2.45, 2.75) is 51.9 Å². The lowest BCUT2D eigenvalue weighted by Gasteiger charge is -2.37. The molecule has 164 valence electrons. The zero-order valence-corrected chi connectivity index (χ0v) is 20.4. The molecule has 5 heteroatoms. The van der Waals surface area contributed by atoms with Crippen molar-refractivity contribution in [1.29, 1.82) is 0 Å². The van der Waals surface area contributed by atoms with E-state index in [0.29, 0.717) is 5.56 Å². The summed E-state index contributed by atoms with van der Waals surface area (Å²) < 4.78 is 11.2. The molecule has 0 aromatic heterocycles. The Hall–Kier alpha value is -1.95. The van der Waals surface area contributed by atoms with Crippen LogP contribution in [0.15, 0.2) is 54.6 Å². The lowest BCUT2D eigenvalue weighted by molar-refractivity contribution is 0.0600. The molecule has 0 amide bonds. The largest absolute Gasteiger partial charge is 0.465 e. The van der Waals surface area contributed by atoms with Gasteiger partial charge in [0.15, 0.2) is 8.32 Å². The number of hydrogen-bond acceptors (Lipinski definition) is 4. The fourth-order valence-electron chi connectivity index (χ4n) is 2.97. The SMILES string of the molecule is COC(=O)c1ccc(CN(CCO[Si](C)(C)C(C)(C)C)CCc2ccccc2)cc1. The van der Waals surface area contributed by atoms with E-state index in [1.165, 1.54) is 18.2 Å². The van der Waals surface area contributed by atoms with Gasteiger partial charge in [-0.25, -0.2) is 4.79 Å². The predicted octanol–water partition coefficient (Wildman–Crippen LogP) is 5.54. The molecule has 2 aromatic carbocycles. The molecule has 0 bridgehead atoms. The molecule has 4 nitrogen and oxygen atoms in total. The summed E-state index contributed by atoms with van der Waals surface area (Å²) in [6.07, 6.45) is 1.00. The van der Waals surface area contributed by atoms with Gasteiger partial charge in [-0.3, -0.25) is 4.90 Å². The summed E-state index contributed by atoms with van der Waals surface area (Å²) in [5.41, 5.74) is 3.11. The van der Waals surface area contributed by atoms with Crippen molar-refractivity contribution in [2.24, 2.45) is 0 Å². The molecule has 0 atom stereocenters. The monoisotopic (exact) mass is 427 g/mol. The minimum atomic E-state index is -1.75. The minimum absolute atomic E-state index is 0.214. The van der Waals surface area contributed by atoms with Gasteiger partial charge in [0.25, 0.3) is 0 Å². The van der Waals surface area contributed by atoms with Crippen LogP contribution in [0.2, 0.25) is 18.1 Å². The second kappa shape index (κ2) is 10.9. The van der Waals surface area contributed by atoms with E-state index in [2.05, 4.69) is 69.1 Å². The number of benzene rings is 2. The average Bonchev–Trinajstić information content (AvgIpc) is 2.71. The maximum Gasteiger partial charge on any atom is 0.337 e. The highest BCUT2D eigenvalue weighted by atomic mass is 28.4. The maximum atomic E-state index is 11.7. The van der Waals surface area contributed by atoms with Gasteiger partial charge in [-0.15, -0.1) is 0 Å². The van der Waals surface area contributed by atoms with Crippen molar-refractivity contribution in [3.8, 4) is 0 Å². The molecule has 0 aliphatic heterocycles. The molecule has 0 N–H and O–H groups in total. The summed E-state index contributed by atoms with van der Waals surface area (Å²) in [7, 11) is -0.346. The van der Waals surface area contributed by atoms with E-state index in [9.17, 15) is 4.79 Å². The van der Waals surface area contributed by atoms with Crippen molar-refractivity contribution < 1.29 is 14.0 Å². The number of carbonyl (C=O) groups is 1. The Labute approximate surface area is 183 Å². The van der Waals surface area contributed by atoms with Gasteiger partial charge in [0.05, 0.1) is 12.7 Å². The first kappa shape index (κ1) is 24.3. The van der Waals surface area contributed by atoms with Crippen LogP contribution in [0.25, 0.3) is 0 Å². The molecule has 0 aliphatic rings. The molecule has 0 aliphatic carbocycles. The number of methoxy groups -OCH3 is 1. The van der Waals surface area contributed by atoms with Crippen molar-refractivity contribution in [3.05, 3.63) is 71.3 Å². The van der Waals surface area contributed by atoms with Crippen molar-refractivity contribution >= 4 is 14.3 Å². The van der Waals surface area contributed by atoms with E-state index >= 15 is 0 Å². The van der Waals surface area contributed by atoms with Crippen LogP contribution < -0.4 is 0 Å². The standard InChI is InChI=1S/C25H37NO3Si/c1-25(2,3)30(5,6)29-19-18-26(17-16-21-10-8-7-9-11-21)20-22-12-14-23(15-13-22)24(27)28-4/h7-15H,16-20H2,1-6H3. The van der Waals surface area contributed by atoms with Gasteiger partial charge >= 0.3 is 5.97 Å². The summed E-state index contributed by atoms with van der Waals surface area (Å²) >= 11 is 0. The van der Waals surface area contributed by atoms with Crippen LogP contribution in [0.1, 0.15) is 42.3 Å². The topological polar surface area (TPSA) is 38.8 Å². The lowest BCUT2D eigenvalue weighted by Crippen LogP contribution is -2.43. The second-order valence-corrected chi connectivity index (χ2v) is 14.1. The van der Waals surface area contributed by atoms with Crippen LogP contribution in [0.3, 0.4) is 0 Å². The quantitative estimate of drug-likeness (QED) is 0.369. The van der Waals surface area contributed by atoms with Crippen LogP contribution in [-0.2, 0) is 22.1 Å². The van der Waals surface area contributed by atoms with Crippen LogP contribution in [-0.4, -0.2) is 46.0 Å². The Morgan fingerprint density at radius 1 is 0.933 bits per heavy atom. The summed E-state index contributed by atoms with van der Waals surface area (Å²) in [6.45, 7) is 14.8. The molecule has 0 radical (unpaired) electrons. The third-order valence-corrected chi connectivity index (χ3v) is 10.6. The second-order valence-electron chi connectivity index (χ2n) is 9.31. The average molecular weight is 428 g/mol. The highest BCUT2D eigenvalue weighted by Gasteiger charge is 2.36. The van der Waals surface area contributed by atoms with Crippen molar-refractivity contribution in [2.75, 3.05) is 26.8 Å². The van der Waals surface area contributed by atoms with E-state index in [1.54, 1.807) is 0 Å². The summed E-state index contributed by atoms with van der Waals surface area (Å²) in [5.74, 6) is -0.301. The van der Waals surface area contributed by atoms with Gasteiger partial charge in [0.1, 0.15) is 0 Å². The molecule has 0 unspecified atom stereocenters. The Bertz CT molecular complexity index is 782. The number of hydrogen-bond donors (Lipinski definition) is 0. The molecular weight excluding hydrogens is 390 g/mol. The van der Waals surface area contributed by atoms with Crippen LogP contribution >= 0.6 is 0 Å². The number of carbonyl (C=O) groups excluding carboxylic acids is 1. The number of esters is 1. The third kappa shape index (κ3) is 7.38. The molecule has 0 spiro atoms. The third-order valence-electron chi connectivity index (χ3n) is 6.02. The molecule has 2 aromatic rings. The van der Waals surface area contributed by atoms with Gasteiger partial charge in [-0.1, -0.05) is 63.2 Å². The molecule has 0 saturated carbocycles. The van der Waals surface area contributed by atoms with Gasteiger partial charge in [-0.2, -0.15) is 0 Å². The van der Waals surface area contributed by atoms with Gasteiger partial charge in [0, 0.05) is 26.2 Å². The molecule has 30 heavy (non-hydrogen) atoms. The molecule has 0 saturated heterocycles. The van der Waals surface area contributed by atoms with Gasteiger partial charge in [-0.05, 0) is 47.8 Å². The first-order valence-electron chi connectivity index (χ1n) is 10.7. The molecular formula is C25H37NO3Si.